The molecule has 0 aliphatic carbocycles. The van der Waals surface area contributed by atoms with Crippen LogP contribution in [-0.2, 0) is 11.8 Å². The molecule has 2 aromatic rings. The van der Waals surface area contributed by atoms with Crippen LogP contribution in [0.25, 0.3) is 11.3 Å². The lowest BCUT2D eigenvalue weighted by atomic mass is 10.2. The Balaban J connectivity index is 2.33. The van der Waals surface area contributed by atoms with E-state index in [1.54, 1.807) is 23.2 Å². The van der Waals surface area contributed by atoms with Crippen molar-refractivity contribution in [1.29, 1.82) is 0 Å². The summed E-state index contributed by atoms with van der Waals surface area (Å²) in [6.45, 7) is 3.39. The van der Waals surface area contributed by atoms with Crippen LogP contribution in [0, 0.1) is 0 Å². The molecule has 0 aromatic carbocycles. The van der Waals surface area contributed by atoms with E-state index in [0.29, 0.717) is 5.95 Å². The van der Waals surface area contributed by atoms with E-state index in [4.69, 9.17) is 0 Å². The van der Waals surface area contributed by atoms with Crippen molar-refractivity contribution in [3.63, 3.8) is 0 Å². The minimum absolute atomic E-state index is 0.278. The number of imidazole rings is 1. The predicted octanol–water partition coefficient (Wildman–Crippen LogP) is 1.61. The molecule has 86 valence electrons. The van der Waals surface area contributed by atoms with Crippen molar-refractivity contribution >= 4 is 11.9 Å². The molecular weight excluding hydrogens is 216 g/mol. The molecule has 0 spiro atoms. The van der Waals surface area contributed by atoms with Crippen molar-refractivity contribution in [2.24, 2.45) is 7.05 Å². The minimum atomic E-state index is -0.278. The van der Waals surface area contributed by atoms with Crippen molar-refractivity contribution in [2.45, 2.75) is 0 Å². The summed E-state index contributed by atoms with van der Waals surface area (Å²) in [6.07, 6.45) is 6.34. The molecule has 0 saturated carbocycles. The van der Waals surface area contributed by atoms with Gasteiger partial charge in [0, 0.05) is 25.0 Å². The molecule has 0 unspecified atom stereocenters. The van der Waals surface area contributed by atoms with Gasteiger partial charge in [-0.15, -0.1) is 0 Å². The molecule has 0 fully saturated rings. The van der Waals surface area contributed by atoms with Gasteiger partial charge in [-0.05, 0) is 18.2 Å². The molecule has 0 aliphatic heterocycles. The van der Waals surface area contributed by atoms with Gasteiger partial charge >= 0.3 is 0 Å². The summed E-state index contributed by atoms with van der Waals surface area (Å²) < 4.78 is 1.80. The van der Waals surface area contributed by atoms with Crippen molar-refractivity contribution in [1.82, 2.24) is 14.5 Å². The second-order valence-corrected chi connectivity index (χ2v) is 3.46. The zero-order valence-corrected chi connectivity index (χ0v) is 9.42. The number of aromatic nitrogens is 3. The standard InChI is InChI=1S/C12H12N4O/c1-3-11(17)15-12-14-8-10(16(12)2)9-4-6-13-7-5-9/h3-8H,1H2,2H3,(H,14,15,17). The number of amides is 1. The van der Waals surface area contributed by atoms with Gasteiger partial charge in [0.25, 0.3) is 0 Å². The largest absolute Gasteiger partial charge is 0.313 e. The number of carbonyl (C=O) groups is 1. The molecule has 0 atom stereocenters. The van der Waals surface area contributed by atoms with Crippen molar-refractivity contribution < 1.29 is 4.79 Å². The second kappa shape index (κ2) is 4.61. The zero-order chi connectivity index (χ0) is 12.3. The van der Waals surface area contributed by atoms with Crippen LogP contribution in [0.15, 0.2) is 43.4 Å². The zero-order valence-electron chi connectivity index (χ0n) is 9.42. The van der Waals surface area contributed by atoms with Crippen LogP contribution in [-0.4, -0.2) is 20.4 Å². The Morgan fingerprint density at radius 1 is 1.47 bits per heavy atom. The van der Waals surface area contributed by atoms with Crippen LogP contribution in [0.3, 0.4) is 0 Å². The number of nitrogens with zero attached hydrogens (tertiary/aromatic N) is 3. The third kappa shape index (κ3) is 2.23. The van der Waals surface area contributed by atoms with Crippen molar-refractivity contribution in [3.05, 3.63) is 43.4 Å². The number of nitrogens with one attached hydrogen (secondary N) is 1. The first kappa shape index (κ1) is 11.1. The summed E-state index contributed by atoms with van der Waals surface area (Å²) in [6, 6.07) is 3.77. The molecule has 0 bridgehead atoms. The van der Waals surface area contributed by atoms with E-state index in [9.17, 15) is 4.79 Å². The van der Waals surface area contributed by atoms with E-state index in [1.165, 1.54) is 6.08 Å². The fourth-order valence-corrected chi connectivity index (χ4v) is 1.48. The highest BCUT2D eigenvalue weighted by atomic mass is 16.1. The molecule has 0 radical (unpaired) electrons. The summed E-state index contributed by atoms with van der Waals surface area (Å²) >= 11 is 0. The van der Waals surface area contributed by atoms with Crippen LogP contribution in [0.5, 0.6) is 0 Å². The van der Waals surface area contributed by atoms with E-state index in [0.717, 1.165) is 11.3 Å². The third-order valence-electron chi connectivity index (χ3n) is 2.38. The second-order valence-electron chi connectivity index (χ2n) is 3.46. The molecule has 17 heavy (non-hydrogen) atoms. The van der Waals surface area contributed by atoms with Gasteiger partial charge in [-0.3, -0.25) is 15.1 Å². The Labute approximate surface area is 98.8 Å². The summed E-state index contributed by atoms with van der Waals surface area (Å²) in [4.78, 5) is 19.3. The molecule has 0 aliphatic rings. The van der Waals surface area contributed by atoms with Gasteiger partial charge in [0.1, 0.15) is 0 Å². The lowest BCUT2D eigenvalue weighted by Crippen LogP contribution is -2.11. The number of hydrogen-bond donors (Lipinski definition) is 1. The number of carbonyl (C=O) groups excluding carboxylic acids is 1. The molecule has 5 heteroatoms. The highest BCUT2D eigenvalue weighted by molar-refractivity contribution is 5.97. The van der Waals surface area contributed by atoms with Gasteiger partial charge in [0.05, 0.1) is 11.9 Å². The average molecular weight is 228 g/mol. The van der Waals surface area contributed by atoms with Gasteiger partial charge in [-0.25, -0.2) is 4.98 Å². The fourth-order valence-electron chi connectivity index (χ4n) is 1.48. The number of rotatable bonds is 3. The van der Waals surface area contributed by atoms with Crippen LogP contribution in [0.2, 0.25) is 0 Å². The van der Waals surface area contributed by atoms with Crippen LogP contribution in [0.4, 0.5) is 5.95 Å². The maximum Gasteiger partial charge on any atom is 0.250 e. The van der Waals surface area contributed by atoms with E-state index >= 15 is 0 Å². The highest BCUT2D eigenvalue weighted by Crippen LogP contribution is 2.20. The van der Waals surface area contributed by atoms with Crippen LogP contribution >= 0.6 is 0 Å². The predicted molar refractivity (Wildman–Crippen MR) is 65.3 cm³/mol. The molecule has 2 heterocycles. The smallest absolute Gasteiger partial charge is 0.250 e. The molecule has 2 aromatic heterocycles. The Morgan fingerprint density at radius 3 is 2.82 bits per heavy atom. The lowest BCUT2D eigenvalue weighted by Gasteiger charge is -2.05. The van der Waals surface area contributed by atoms with Crippen molar-refractivity contribution in [3.8, 4) is 11.3 Å². The summed E-state index contributed by atoms with van der Waals surface area (Å²) in [5, 5.41) is 2.63. The fraction of sp³-hybridized carbons (Fsp3) is 0.0833. The molecule has 1 N–H and O–H groups in total. The Morgan fingerprint density at radius 2 is 2.18 bits per heavy atom. The first-order chi connectivity index (χ1) is 8.22. The van der Waals surface area contributed by atoms with E-state index in [1.807, 2.05) is 19.2 Å². The molecule has 2 rings (SSSR count). The number of anilines is 1. The van der Waals surface area contributed by atoms with Gasteiger partial charge in [0.2, 0.25) is 11.9 Å². The summed E-state index contributed by atoms with van der Waals surface area (Å²) in [5.74, 6) is 0.210. The molecule has 0 saturated heterocycles. The van der Waals surface area contributed by atoms with Crippen LogP contribution in [0.1, 0.15) is 0 Å². The van der Waals surface area contributed by atoms with E-state index in [-0.39, 0.29) is 5.91 Å². The van der Waals surface area contributed by atoms with E-state index < -0.39 is 0 Å². The monoisotopic (exact) mass is 228 g/mol. The first-order valence-electron chi connectivity index (χ1n) is 5.08. The maximum atomic E-state index is 11.2. The number of hydrogen-bond acceptors (Lipinski definition) is 3. The summed E-state index contributed by atoms with van der Waals surface area (Å²) in [5.41, 5.74) is 1.90. The minimum Gasteiger partial charge on any atom is -0.313 e. The van der Waals surface area contributed by atoms with Gasteiger partial charge in [-0.1, -0.05) is 6.58 Å². The van der Waals surface area contributed by atoms with Gasteiger partial charge < -0.3 is 4.57 Å². The van der Waals surface area contributed by atoms with Gasteiger partial charge in [-0.2, -0.15) is 0 Å². The Bertz CT molecular complexity index is 545. The first-order valence-corrected chi connectivity index (χ1v) is 5.08. The SMILES string of the molecule is C=CC(=O)Nc1ncc(-c2ccncc2)n1C. The Hall–Kier alpha value is -2.43. The molecular formula is C12H12N4O. The normalized spacial score (nSPS) is 9.94. The topological polar surface area (TPSA) is 59.8 Å². The van der Waals surface area contributed by atoms with E-state index in [2.05, 4.69) is 21.9 Å². The van der Waals surface area contributed by atoms with Gasteiger partial charge in [0.15, 0.2) is 0 Å². The van der Waals surface area contributed by atoms with Crippen LogP contribution < -0.4 is 5.32 Å². The summed E-state index contributed by atoms with van der Waals surface area (Å²) in [7, 11) is 1.83. The average Bonchev–Trinajstić information content (AvgIpc) is 2.72. The van der Waals surface area contributed by atoms with Crippen molar-refractivity contribution in [2.75, 3.05) is 5.32 Å². The molecule has 1 amide bonds. The lowest BCUT2D eigenvalue weighted by molar-refractivity contribution is -0.111. The highest BCUT2D eigenvalue weighted by Gasteiger charge is 2.09. The Kier molecular flexibility index (Phi) is 3.00. The third-order valence-corrected chi connectivity index (χ3v) is 2.38. The quantitative estimate of drug-likeness (QED) is 0.812. The maximum absolute atomic E-state index is 11.2. The molecule has 5 nitrogen and oxygen atoms in total. The number of pyridine rings is 1.